The number of hydrogen-bond acceptors (Lipinski definition) is 2. The van der Waals surface area contributed by atoms with Gasteiger partial charge in [-0.2, -0.15) is 0 Å². The van der Waals surface area contributed by atoms with Crippen LogP contribution in [0.3, 0.4) is 0 Å². The summed E-state index contributed by atoms with van der Waals surface area (Å²) in [6.07, 6.45) is 5.48. The first-order chi connectivity index (χ1) is 8.25. The van der Waals surface area contributed by atoms with Gasteiger partial charge in [-0.3, -0.25) is 0 Å². The lowest BCUT2D eigenvalue weighted by Crippen LogP contribution is -2.06. The van der Waals surface area contributed by atoms with Gasteiger partial charge in [-0.25, -0.2) is 0 Å². The Morgan fingerprint density at radius 3 is 2.76 bits per heavy atom. The van der Waals surface area contributed by atoms with E-state index in [9.17, 15) is 5.11 Å². The van der Waals surface area contributed by atoms with Crippen LogP contribution in [-0.2, 0) is 4.74 Å². The fourth-order valence-electron chi connectivity index (χ4n) is 2.37. The fraction of sp³-hybridized carbons (Fsp3) is 0.600. The third-order valence-electron chi connectivity index (χ3n) is 3.49. The number of ether oxygens (including phenoxy) is 1. The highest BCUT2D eigenvalue weighted by Crippen LogP contribution is 2.23. The quantitative estimate of drug-likeness (QED) is 0.846. The third kappa shape index (κ3) is 3.83. The van der Waals surface area contributed by atoms with Gasteiger partial charge in [0.1, 0.15) is 0 Å². The first-order valence-corrected chi connectivity index (χ1v) is 6.62. The maximum absolute atomic E-state index is 10.0. The van der Waals surface area contributed by atoms with Crippen LogP contribution in [0.1, 0.15) is 49.3 Å². The normalized spacial score (nSPS) is 21.6. The maximum Gasteiger partial charge on any atom is 0.0790 e. The van der Waals surface area contributed by atoms with E-state index in [0.29, 0.717) is 6.10 Å². The second-order valence-electron chi connectivity index (χ2n) is 4.99. The minimum atomic E-state index is -0.322. The number of rotatable bonds is 5. The van der Waals surface area contributed by atoms with E-state index in [2.05, 4.69) is 19.1 Å². The summed E-state index contributed by atoms with van der Waals surface area (Å²) in [5.41, 5.74) is 2.27. The second-order valence-corrected chi connectivity index (χ2v) is 4.99. The van der Waals surface area contributed by atoms with Gasteiger partial charge in [-0.15, -0.1) is 0 Å². The van der Waals surface area contributed by atoms with Gasteiger partial charge in [0.2, 0.25) is 0 Å². The van der Waals surface area contributed by atoms with E-state index in [1.165, 1.54) is 18.4 Å². The van der Waals surface area contributed by atoms with Gasteiger partial charge >= 0.3 is 0 Å². The average Bonchev–Trinajstić information content (AvgIpc) is 2.83. The van der Waals surface area contributed by atoms with E-state index in [1.807, 2.05) is 12.1 Å². The highest BCUT2D eigenvalue weighted by Gasteiger charge is 2.15. The minimum Gasteiger partial charge on any atom is -0.388 e. The molecule has 0 bridgehead atoms. The average molecular weight is 234 g/mol. The number of aliphatic hydroxyl groups is 1. The largest absolute Gasteiger partial charge is 0.388 e. The smallest absolute Gasteiger partial charge is 0.0790 e. The molecular weight excluding hydrogens is 212 g/mol. The zero-order valence-electron chi connectivity index (χ0n) is 10.6. The molecule has 0 aliphatic carbocycles. The van der Waals surface area contributed by atoms with Crippen molar-refractivity contribution in [2.24, 2.45) is 0 Å². The lowest BCUT2D eigenvalue weighted by molar-refractivity contribution is 0.0945. The van der Waals surface area contributed by atoms with Crippen molar-refractivity contribution in [3.8, 4) is 0 Å². The first kappa shape index (κ1) is 12.6. The van der Waals surface area contributed by atoms with Gasteiger partial charge in [-0.05, 0) is 44.6 Å². The van der Waals surface area contributed by atoms with Crippen LogP contribution in [0.2, 0.25) is 0 Å². The molecule has 1 aromatic rings. The van der Waals surface area contributed by atoms with Crippen molar-refractivity contribution < 1.29 is 9.84 Å². The van der Waals surface area contributed by atoms with Crippen LogP contribution in [-0.4, -0.2) is 17.8 Å². The monoisotopic (exact) mass is 234 g/mol. The van der Waals surface area contributed by atoms with Crippen molar-refractivity contribution in [1.82, 2.24) is 0 Å². The standard InChI is InChI=1S/C15H22O2/c1-12-7-9-13(10-8-12)15(16)6-2-4-14-5-3-11-17-14/h7-10,14-16H,2-6,11H2,1H3. The summed E-state index contributed by atoms with van der Waals surface area (Å²) in [5, 5.41) is 10.0. The minimum absolute atomic E-state index is 0.322. The van der Waals surface area contributed by atoms with Crippen LogP contribution in [0.25, 0.3) is 0 Å². The van der Waals surface area contributed by atoms with Gasteiger partial charge in [0.05, 0.1) is 12.2 Å². The summed E-state index contributed by atoms with van der Waals surface area (Å²) in [5.74, 6) is 0. The number of benzene rings is 1. The third-order valence-corrected chi connectivity index (χ3v) is 3.49. The summed E-state index contributed by atoms with van der Waals surface area (Å²) in [6.45, 7) is 2.98. The molecule has 2 unspecified atom stereocenters. The molecule has 1 fully saturated rings. The SMILES string of the molecule is Cc1ccc(C(O)CCCC2CCCO2)cc1. The van der Waals surface area contributed by atoms with E-state index in [0.717, 1.165) is 31.4 Å². The maximum atomic E-state index is 10.0. The summed E-state index contributed by atoms with van der Waals surface area (Å²) in [4.78, 5) is 0. The summed E-state index contributed by atoms with van der Waals surface area (Å²) >= 11 is 0. The molecule has 2 atom stereocenters. The zero-order valence-corrected chi connectivity index (χ0v) is 10.6. The van der Waals surface area contributed by atoms with Gasteiger partial charge < -0.3 is 9.84 Å². The predicted octanol–water partition coefficient (Wildman–Crippen LogP) is 3.38. The van der Waals surface area contributed by atoms with Crippen molar-refractivity contribution in [3.63, 3.8) is 0 Å². The molecule has 2 heteroatoms. The van der Waals surface area contributed by atoms with Crippen LogP contribution in [0.4, 0.5) is 0 Å². The summed E-state index contributed by atoms with van der Waals surface area (Å²) in [6, 6.07) is 8.15. The Morgan fingerprint density at radius 2 is 2.12 bits per heavy atom. The molecule has 1 saturated heterocycles. The molecule has 2 rings (SSSR count). The van der Waals surface area contributed by atoms with E-state index in [4.69, 9.17) is 4.74 Å². The summed E-state index contributed by atoms with van der Waals surface area (Å²) in [7, 11) is 0. The Bertz CT molecular complexity index is 325. The molecule has 1 aliphatic heterocycles. The fourth-order valence-corrected chi connectivity index (χ4v) is 2.37. The number of aliphatic hydroxyl groups excluding tert-OH is 1. The molecule has 1 heterocycles. The van der Waals surface area contributed by atoms with Gasteiger partial charge in [0, 0.05) is 6.61 Å². The molecule has 1 aromatic carbocycles. The molecule has 0 radical (unpaired) electrons. The van der Waals surface area contributed by atoms with Gasteiger partial charge in [0.15, 0.2) is 0 Å². The zero-order chi connectivity index (χ0) is 12.1. The Balaban J connectivity index is 1.72. The van der Waals surface area contributed by atoms with Crippen LogP contribution < -0.4 is 0 Å². The van der Waals surface area contributed by atoms with Crippen molar-refractivity contribution in [2.45, 2.75) is 51.2 Å². The molecule has 0 saturated carbocycles. The van der Waals surface area contributed by atoms with Crippen molar-refractivity contribution >= 4 is 0 Å². The molecule has 94 valence electrons. The molecular formula is C15H22O2. The highest BCUT2D eigenvalue weighted by molar-refractivity contribution is 5.22. The molecule has 0 aromatic heterocycles. The van der Waals surface area contributed by atoms with E-state index >= 15 is 0 Å². The van der Waals surface area contributed by atoms with Gasteiger partial charge in [0.25, 0.3) is 0 Å². The molecule has 0 spiro atoms. The Hall–Kier alpha value is -0.860. The Labute approximate surface area is 104 Å². The predicted molar refractivity (Wildman–Crippen MR) is 69.0 cm³/mol. The number of aryl methyl sites for hydroxylation is 1. The molecule has 1 aliphatic rings. The van der Waals surface area contributed by atoms with E-state index < -0.39 is 0 Å². The van der Waals surface area contributed by atoms with E-state index in [-0.39, 0.29) is 6.10 Å². The van der Waals surface area contributed by atoms with Crippen molar-refractivity contribution in [1.29, 1.82) is 0 Å². The van der Waals surface area contributed by atoms with Crippen molar-refractivity contribution in [2.75, 3.05) is 6.61 Å². The lowest BCUT2D eigenvalue weighted by atomic mass is 10.0. The molecule has 2 nitrogen and oxygen atoms in total. The lowest BCUT2D eigenvalue weighted by Gasteiger charge is -2.13. The molecule has 1 N–H and O–H groups in total. The molecule has 17 heavy (non-hydrogen) atoms. The highest BCUT2D eigenvalue weighted by atomic mass is 16.5. The topological polar surface area (TPSA) is 29.5 Å². The molecule has 0 amide bonds. The first-order valence-electron chi connectivity index (χ1n) is 6.62. The van der Waals surface area contributed by atoms with E-state index in [1.54, 1.807) is 0 Å². The Kier molecular flexibility index (Phi) is 4.57. The Morgan fingerprint density at radius 1 is 1.35 bits per heavy atom. The van der Waals surface area contributed by atoms with Gasteiger partial charge in [-0.1, -0.05) is 29.8 Å². The summed E-state index contributed by atoms with van der Waals surface area (Å²) < 4.78 is 5.57. The van der Waals surface area contributed by atoms with Crippen LogP contribution in [0.15, 0.2) is 24.3 Å². The van der Waals surface area contributed by atoms with Crippen LogP contribution in [0, 0.1) is 6.92 Å². The van der Waals surface area contributed by atoms with Crippen molar-refractivity contribution in [3.05, 3.63) is 35.4 Å². The number of hydrogen-bond donors (Lipinski definition) is 1. The van der Waals surface area contributed by atoms with Crippen LogP contribution >= 0.6 is 0 Å². The van der Waals surface area contributed by atoms with Crippen LogP contribution in [0.5, 0.6) is 0 Å². The second kappa shape index (κ2) is 6.18.